The number of aromatic amines is 1. The van der Waals surface area contributed by atoms with E-state index in [4.69, 9.17) is 9.26 Å². The molecule has 0 bridgehead atoms. The van der Waals surface area contributed by atoms with Crippen LogP contribution in [0, 0.1) is 19.8 Å². The van der Waals surface area contributed by atoms with Crippen molar-refractivity contribution in [1.29, 1.82) is 0 Å². The van der Waals surface area contributed by atoms with E-state index in [0.29, 0.717) is 17.3 Å². The van der Waals surface area contributed by atoms with Crippen LogP contribution in [0.1, 0.15) is 48.0 Å². The summed E-state index contributed by atoms with van der Waals surface area (Å²) in [7, 11) is 0. The Bertz CT molecular complexity index is 1060. The maximum atomic E-state index is 12.2. The number of aldehydes is 1. The number of nitrogens with one attached hydrogen (secondary N) is 2. The van der Waals surface area contributed by atoms with E-state index in [2.05, 4.69) is 25.7 Å². The van der Waals surface area contributed by atoms with Crippen molar-refractivity contribution in [1.82, 2.24) is 20.3 Å². The number of H-pyrrole nitrogens is 1. The second kappa shape index (κ2) is 9.11. The Morgan fingerprint density at radius 1 is 1.39 bits per heavy atom. The molecule has 3 aromatic heterocycles. The maximum Gasteiger partial charge on any atom is 0.233 e. The van der Waals surface area contributed by atoms with Crippen molar-refractivity contribution in [3.05, 3.63) is 53.3 Å². The summed E-state index contributed by atoms with van der Waals surface area (Å²) >= 11 is 0. The van der Waals surface area contributed by atoms with E-state index >= 15 is 0 Å². The molecule has 0 spiro atoms. The van der Waals surface area contributed by atoms with Gasteiger partial charge in [0.05, 0.1) is 17.8 Å². The number of amides is 1. The fourth-order valence-electron chi connectivity index (χ4n) is 4.03. The first-order valence-electron chi connectivity index (χ1n) is 10.3. The Morgan fingerprint density at radius 3 is 3.00 bits per heavy atom. The van der Waals surface area contributed by atoms with Gasteiger partial charge in [-0.05, 0) is 45.2 Å². The van der Waals surface area contributed by atoms with Crippen LogP contribution in [0.3, 0.4) is 0 Å². The Labute approximate surface area is 179 Å². The van der Waals surface area contributed by atoms with Crippen molar-refractivity contribution in [2.75, 3.05) is 5.32 Å². The van der Waals surface area contributed by atoms with E-state index < -0.39 is 6.10 Å². The molecule has 1 saturated carbocycles. The second-order valence-electron chi connectivity index (χ2n) is 7.94. The van der Waals surface area contributed by atoms with E-state index in [-0.39, 0.29) is 24.2 Å². The normalized spacial score (nSPS) is 19.2. The smallest absolute Gasteiger partial charge is 0.233 e. The Balaban J connectivity index is 1.33. The first kappa shape index (κ1) is 20.8. The minimum absolute atomic E-state index is 0.0979. The van der Waals surface area contributed by atoms with E-state index in [9.17, 15) is 9.59 Å². The zero-order chi connectivity index (χ0) is 21.8. The zero-order valence-electron chi connectivity index (χ0n) is 17.5. The lowest BCUT2D eigenvalue weighted by atomic mass is 9.98. The van der Waals surface area contributed by atoms with Gasteiger partial charge in [0.2, 0.25) is 5.91 Å². The topological polar surface area (TPSA) is 123 Å². The van der Waals surface area contributed by atoms with Gasteiger partial charge in [-0.3, -0.25) is 19.7 Å². The molecule has 0 aromatic carbocycles. The lowest BCUT2D eigenvalue weighted by Crippen LogP contribution is -2.27. The molecule has 3 atom stereocenters. The molecule has 0 saturated heterocycles. The van der Waals surface area contributed by atoms with Gasteiger partial charge in [0.25, 0.3) is 0 Å². The monoisotopic (exact) mass is 423 g/mol. The highest BCUT2D eigenvalue weighted by Crippen LogP contribution is 2.40. The van der Waals surface area contributed by atoms with Gasteiger partial charge in [0.15, 0.2) is 18.2 Å². The number of anilines is 1. The number of carbonyl (C=O) groups is 2. The number of ether oxygens (including phenoxy) is 1. The fourth-order valence-corrected chi connectivity index (χ4v) is 4.03. The number of pyridine rings is 1. The number of hydrogen-bond acceptors (Lipinski definition) is 7. The summed E-state index contributed by atoms with van der Waals surface area (Å²) in [6.07, 6.45) is 4.75. The highest BCUT2D eigenvalue weighted by molar-refractivity contribution is 5.91. The van der Waals surface area contributed by atoms with Crippen molar-refractivity contribution in [2.24, 2.45) is 5.92 Å². The van der Waals surface area contributed by atoms with Crippen LogP contribution in [-0.4, -0.2) is 38.6 Å². The molecule has 1 amide bonds. The number of aryl methyl sites for hydroxylation is 2. The molecule has 9 nitrogen and oxygen atoms in total. The molecule has 1 aliphatic rings. The molecule has 9 heteroatoms. The van der Waals surface area contributed by atoms with Gasteiger partial charge in [-0.2, -0.15) is 5.10 Å². The van der Waals surface area contributed by atoms with Crippen molar-refractivity contribution in [3.8, 4) is 5.75 Å². The van der Waals surface area contributed by atoms with Crippen molar-refractivity contribution < 1.29 is 18.8 Å². The van der Waals surface area contributed by atoms with Crippen LogP contribution in [-0.2, 0) is 16.0 Å². The average Bonchev–Trinajstić information content (AvgIpc) is 3.49. The van der Waals surface area contributed by atoms with Gasteiger partial charge in [-0.25, -0.2) is 0 Å². The third-order valence-electron chi connectivity index (χ3n) is 5.61. The maximum absolute atomic E-state index is 12.2. The van der Waals surface area contributed by atoms with Gasteiger partial charge in [-0.1, -0.05) is 5.16 Å². The number of rotatable bonds is 8. The number of carbonyl (C=O) groups excluding carboxylic acids is 2. The van der Waals surface area contributed by atoms with Gasteiger partial charge >= 0.3 is 0 Å². The minimum atomic E-state index is -0.514. The first-order chi connectivity index (χ1) is 15.0. The SMILES string of the molecule is Cc1cc(CC(=O)Nc2cc([C@@H]3CC[C@H](C(C=O)Oc4cccnc4C)C3)[nH]n2)on1. The van der Waals surface area contributed by atoms with E-state index in [1.807, 2.05) is 19.1 Å². The van der Waals surface area contributed by atoms with Gasteiger partial charge in [0.1, 0.15) is 11.5 Å². The molecule has 3 heterocycles. The molecular weight excluding hydrogens is 398 g/mol. The van der Waals surface area contributed by atoms with Crippen LogP contribution in [0.4, 0.5) is 5.82 Å². The predicted octanol–water partition coefficient (Wildman–Crippen LogP) is 3.12. The summed E-state index contributed by atoms with van der Waals surface area (Å²) in [4.78, 5) is 28.1. The second-order valence-corrected chi connectivity index (χ2v) is 7.94. The highest BCUT2D eigenvalue weighted by Gasteiger charge is 2.34. The zero-order valence-corrected chi connectivity index (χ0v) is 17.5. The summed E-state index contributed by atoms with van der Waals surface area (Å²) in [6.45, 7) is 3.66. The molecular formula is C22H25N5O4. The third-order valence-corrected chi connectivity index (χ3v) is 5.61. The molecule has 31 heavy (non-hydrogen) atoms. The Hall–Kier alpha value is -3.49. The van der Waals surface area contributed by atoms with Gasteiger partial charge in [-0.15, -0.1) is 0 Å². The lowest BCUT2D eigenvalue weighted by Gasteiger charge is -2.20. The predicted molar refractivity (Wildman–Crippen MR) is 112 cm³/mol. The third kappa shape index (κ3) is 4.99. The molecule has 1 unspecified atom stereocenters. The fraction of sp³-hybridized carbons (Fsp3) is 0.409. The standard InChI is InChI=1S/C22H25N5O4/c1-13-8-17(31-27-13)10-22(29)24-21-11-18(25-26-21)15-5-6-16(9-15)20(12-28)30-19-4-3-7-23-14(19)2/h3-4,7-8,11-12,15-16,20H,5-6,9-10H2,1-2H3,(H2,24,25,26,29)/t15-,16+,20?/m1/s1. The lowest BCUT2D eigenvalue weighted by molar-refractivity contribution is -0.116. The van der Waals surface area contributed by atoms with Crippen molar-refractivity contribution in [2.45, 2.75) is 51.6 Å². The summed E-state index contributed by atoms with van der Waals surface area (Å²) < 4.78 is 11.0. The summed E-state index contributed by atoms with van der Waals surface area (Å²) in [5, 5.41) is 13.8. The molecule has 2 N–H and O–H groups in total. The van der Waals surface area contributed by atoms with Crippen LogP contribution in [0.2, 0.25) is 0 Å². The van der Waals surface area contributed by atoms with E-state index in [1.165, 1.54) is 0 Å². The summed E-state index contributed by atoms with van der Waals surface area (Å²) in [6, 6.07) is 7.20. The largest absolute Gasteiger partial charge is 0.481 e. The van der Waals surface area contributed by atoms with Crippen molar-refractivity contribution in [3.63, 3.8) is 0 Å². The number of hydrogen-bond donors (Lipinski definition) is 2. The molecule has 0 radical (unpaired) electrons. The van der Waals surface area contributed by atoms with Crippen LogP contribution in [0.15, 0.2) is 35.0 Å². The van der Waals surface area contributed by atoms with Gasteiger partial charge < -0.3 is 14.6 Å². The van der Waals surface area contributed by atoms with Crippen LogP contribution in [0.25, 0.3) is 0 Å². The van der Waals surface area contributed by atoms with Crippen LogP contribution in [0.5, 0.6) is 5.75 Å². The van der Waals surface area contributed by atoms with E-state index in [1.54, 1.807) is 25.3 Å². The van der Waals surface area contributed by atoms with Gasteiger partial charge in [0, 0.05) is 35.9 Å². The number of nitrogens with zero attached hydrogens (tertiary/aromatic N) is 3. The average molecular weight is 423 g/mol. The minimum Gasteiger partial charge on any atom is -0.481 e. The Morgan fingerprint density at radius 2 is 2.26 bits per heavy atom. The number of aromatic nitrogens is 4. The summed E-state index contributed by atoms with van der Waals surface area (Å²) in [5.74, 6) is 1.72. The first-order valence-corrected chi connectivity index (χ1v) is 10.3. The quantitative estimate of drug-likeness (QED) is 0.534. The Kier molecular flexibility index (Phi) is 6.11. The molecule has 0 aliphatic heterocycles. The van der Waals surface area contributed by atoms with Crippen molar-refractivity contribution >= 4 is 18.0 Å². The molecule has 1 fully saturated rings. The summed E-state index contributed by atoms with van der Waals surface area (Å²) in [5.41, 5.74) is 2.44. The van der Waals surface area contributed by atoms with Crippen LogP contribution >= 0.6 is 0 Å². The highest BCUT2D eigenvalue weighted by atomic mass is 16.5. The molecule has 3 aromatic rings. The van der Waals surface area contributed by atoms with E-state index in [0.717, 1.165) is 42.6 Å². The molecule has 162 valence electrons. The molecule has 1 aliphatic carbocycles. The van der Waals surface area contributed by atoms with Crippen LogP contribution < -0.4 is 10.1 Å². The molecule has 4 rings (SSSR count).